The van der Waals surface area contributed by atoms with Gasteiger partial charge < -0.3 is 11.1 Å². The molecule has 0 aliphatic rings. The van der Waals surface area contributed by atoms with Gasteiger partial charge in [-0.15, -0.1) is 11.3 Å². The van der Waals surface area contributed by atoms with E-state index in [2.05, 4.69) is 58.8 Å². The number of hydrogen-bond acceptors (Lipinski definition) is 3. The molecule has 0 unspecified atom stereocenters. The fourth-order valence-corrected chi connectivity index (χ4v) is 3.09. The van der Waals surface area contributed by atoms with Crippen LogP contribution in [0.3, 0.4) is 0 Å². The number of guanidine groups is 1. The maximum atomic E-state index is 7.22. The number of nitrogens with zero attached hydrogens (tertiary/aromatic N) is 1. The summed E-state index contributed by atoms with van der Waals surface area (Å²) in [6.07, 6.45) is 2.07. The van der Waals surface area contributed by atoms with Crippen molar-refractivity contribution >= 4 is 22.4 Å². The molecule has 4 N–H and O–H groups in total. The maximum Gasteiger partial charge on any atom is 0.192 e. The van der Waals surface area contributed by atoms with Crippen molar-refractivity contribution in [3.63, 3.8) is 0 Å². The highest BCUT2D eigenvalue weighted by molar-refractivity contribution is 7.14. The topological polar surface area (TPSA) is 74.8 Å². The molecule has 0 spiro atoms. The summed E-state index contributed by atoms with van der Waals surface area (Å²) in [4.78, 5) is 4.43. The van der Waals surface area contributed by atoms with E-state index in [0.29, 0.717) is 5.13 Å². The quantitative estimate of drug-likeness (QED) is 0.492. The van der Waals surface area contributed by atoms with Crippen LogP contribution in [0.1, 0.15) is 11.1 Å². The standard InChI is InChI=1S/C18H18N4S/c19-17(20)22-18-21-16(12-23-18)15-10-8-14(9-11-15)7-6-13-4-2-1-3-5-13/h1-5,8-12H,6-7H2,(H4,19,20,21,22). The number of anilines is 1. The van der Waals surface area contributed by atoms with Crippen molar-refractivity contribution in [1.29, 1.82) is 5.41 Å². The molecule has 5 heteroatoms. The van der Waals surface area contributed by atoms with Crippen LogP contribution < -0.4 is 11.1 Å². The lowest BCUT2D eigenvalue weighted by Gasteiger charge is -2.03. The zero-order chi connectivity index (χ0) is 16.1. The summed E-state index contributed by atoms with van der Waals surface area (Å²) in [5, 5.41) is 12.5. The molecule has 116 valence electrons. The lowest BCUT2D eigenvalue weighted by Crippen LogP contribution is -2.20. The van der Waals surface area contributed by atoms with Gasteiger partial charge in [0.05, 0.1) is 5.69 Å². The first-order chi connectivity index (χ1) is 11.2. The number of hydrogen-bond donors (Lipinski definition) is 3. The van der Waals surface area contributed by atoms with E-state index in [4.69, 9.17) is 11.1 Å². The first-order valence-electron chi connectivity index (χ1n) is 7.40. The third-order valence-corrected chi connectivity index (χ3v) is 4.30. The molecular weight excluding hydrogens is 304 g/mol. The molecule has 0 aliphatic heterocycles. The number of aromatic nitrogens is 1. The number of nitrogens with one attached hydrogen (secondary N) is 2. The van der Waals surface area contributed by atoms with E-state index in [1.165, 1.54) is 22.5 Å². The molecule has 0 radical (unpaired) electrons. The minimum atomic E-state index is -0.0952. The van der Waals surface area contributed by atoms with Crippen LogP contribution in [0.2, 0.25) is 0 Å². The SMILES string of the molecule is N=C(N)Nc1nc(-c2ccc(CCc3ccccc3)cc2)cs1. The van der Waals surface area contributed by atoms with Crippen molar-refractivity contribution < 1.29 is 0 Å². The summed E-state index contributed by atoms with van der Waals surface area (Å²) in [5.74, 6) is -0.0952. The van der Waals surface area contributed by atoms with Gasteiger partial charge in [0.15, 0.2) is 11.1 Å². The van der Waals surface area contributed by atoms with Crippen molar-refractivity contribution in [3.8, 4) is 11.3 Å². The zero-order valence-electron chi connectivity index (χ0n) is 12.6. The van der Waals surface area contributed by atoms with Crippen LogP contribution in [0, 0.1) is 5.41 Å². The highest BCUT2D eigenvalue weighted by atomic mass is 32.1. The summed E-state index contributed by atoms with van der Waals surface area (Å²) in [5.41, 5.74) is 9.95. The first kappa shape index (κ1) is 15.2. The Morgan fingerprint density at radius 1 is 1.00 bits per heavy atom. The van der Waals surface area contributed by atoms with Crippen molar-refractivity contribution in [3.05, 3.63) is 71.1 Å². The predicted molar refractivity (Wildman–Crippen MR) is 96.9 cm³/mol. The molecule has 0 fully saturated rings. The average Bonchev–Trinajstić information content (AvgIpc) is 3.02. The molecule has 4 nitrogen and oxygen atoms in total. The molecule has 3 rings (SSSR count). The third kappa shape index (κ3) is 4.17. The summed E-state index contributed by atoms with van der Waals surface area (Å²) in [6.45, 7) is 0. The van der Waals surface area contributed by atoms with Crippen molar-refractivity contribution in [2.24, 2.45) is 5.73 Å². The van der Waals surface area contributed by atoms with E-state index in [1.54, 1.807) is 0 Å². The molecular formula is C18H18N4S. The van der Waals surface area contributed by atoms with E-state index < -0.39 is 0 Å². The molecule has 0 saturated carbocycles. The fraction of sp³-hybridized carbons (Fsp3) is 0.111. The Morgan fingerprint density at radius 2 is 1.65 bits per heavy atom. The average molecular weight is 322 g/mol. The van der Waals surface area contributed by atoms with Crippen molar-refractivity contribution in [2.75, 3.05) is 5.32 Å². The van der Waals surface area contributed by atoms with Crippen LogP contribution in [0.25, 0.3) is 11.3 Å². The van der Waals surface area contributed by atoms with Crippen LogP contribution in [0.4, 0.5) is 5.13 Å². The van der Waals surface area contributed by atoms with Crippen LogP contribution in [-0.2, 0) is 12.8 Å². The third-order valence-electron chi connectivity index (χ3n) is 3.54. The highest BCUT2D eigenvalue weighted by Crippen LogP contribution is 2.25. The van der Waals surface area contributed by atoms with E-state index in [0.717, 1.165) is 24.1 Å². The second-order valence-electron chi connectivity index (χ2n) is 5.26. The van der Waals surface area contributed by atoms with Gasteiger partial charge in [-0.25, -0.2) is 4.98 Å². The van der Waals surface area contributed by atoms with Gasteiger partial charge in [0.1, 0.15) is 0 Å². The maximum absolute atomic E-state index is 7.22. The molecule has 1 aromatic heterocycles. The molecule has 1 heterocycles. The predicted octanol–water partition coefficient (Wildman–Crippen LogP) is 3.90. The number of aryl methyl sites for hydroxylation is 2. The highest BCUT2D eigenvalue weighted by Gasteiger charge is 2.05. The monoisotopic (exact) mass is 322 g/mol. The molecule has 0 atom stereocenters. The minimum absolute atomic E-state index is 0.0952. The number of thiazole rings is 1. The zero-order valence-corrected chi connectivity index (χ0v) is 13.4. The Kier molecular flexibility index (Phi) is 4.68. The molecule has 23 heavy (non-hydrogen) atoms. The Bertz CT molecular complexity index is 778. The molecule has 3 aromatic rings. The van der Waals surface area contributed by atoms with Crippen LogP contribution in [-0.4, -0.2) is 10.9 Å². The van der Waals surface area contributed by atoms with Gasteiger partial charge in [0.25, 0.3) is 0 Å². The molecule has 0 bridgehead atoms. The van der Waals surface area contributed by atoms with E-state index >= 15 is 0 Å². The van der Waals surface area contributed by atoms with E-state index in [-0.39, 0.29) is 5.96 Å². The van der Waals surface area contributed by atoms with Gasteiger partial charge in [-0.2, -0.15) is 0 Å². The second-order valence-corrected chi connectivity index (χ2v) is 6.12. The largest absolute Gasteiger partial charge is 0.370 e. The molecule has 2 aromatic carbocycles. The summed E-state index contributed by atoms with van der Waals surface area (Å²) < 4.78 is 0. The lowest BCUT2D eigenvalue weighted by atomic mass is 10.0. The summed E-state index contributed by atoms with van der Waals surface area (Å²) >= 11 is 1.44. The normalized spacial score (nSPS) is 10.4. The first-order valence-corrected chi connectivity index (χ1v) is 8.28. The van der Waals surface area contributed by atoms with E-state index in [1.807, 2.05) is 11.4 Å². The van der Waals surface area contributed by atoms with E-state index in [9.17, 15) is 0 Å². The van der Waals surface area contributed by atoms with Gasteiger partial charge in [0, 0.05) is 10.9 Å². The van der Waals surface area contributed by atoms with Gasteiger partial charge in [-0.05, 0) is 24.0 Å². The van der Waals surface area contributed by atoms with Crippen LogP contribution in [0.15, 0.2) is 60.0 Å². The van der Waals surface area contributed by atoms with Gasteiger partial charge >= 0.3 is 0 Å². The molecule has 0 aliphatic carbocycles. The Hall–Kier alpha value is -2.66. The smallest absolute Gasteiger partial charge is 0.192 e. The van der Waals surface area contributed by atoms with Gasteiger partial charge in [0.2, 0.25) is 0 Å². The van der Waals surface area contributed by atoms with Crippen molar-refractivity contribution in [1.82, 2.24) is 4.98 Å². The van der Waals surface area contributed by atoms with Gasteiger partial charge in [-0.3, -0.25) is 5.41 Å². The molecule has 0 saturated heterocycles. The van der Waals surface area contributed by atoms with Crippen molar-refractivity contribution in [2.45, 2.75) is 12.8 Å². The minimum Gasteiger partial charge on any atom is -0.370 e. The Balaban J connectivity index is 1.64. The van der Waals surface area contributed by atoms with Crippen LogP contribution in [0.5, 0.6) is 0 Å². The fourth-order valence-electron chi connectivity index (χ4n) is 2.35. The number of nitrogens with two attached hydrogens (primary N) is 1. The van der Waals surface area contributed by atoms with Crippen LogP contribution >= 0.6 is 11.3 Å². The Labute approximate surface area is 139 Å². The molecule has 0 amide bonds. The van der Waals surface area contributed by atoms with Gasteiger partial charge in [-0.1, -0.05) is 54.6 Å². The Morgan fingerprint density at radius 3 is 2.30 bits per heavy atom. The lowest BCUT2D eigenvalue weighted by molar-refractivity contribution is 0.960. The summed E-state index contributed by atoms with van der Waals surface area (Å²) in [7, 11) is 0. The number of benzene rings is 2. The second kappa shape index (κ2) is 7.07. The number of rotatable bonds is 5. The summed E-state index contributed by atoms with van der Waals surface area (Å²) in [6, 6.07) is 19.0.